The molecule has 0 saturated heterocycles. The van der Waals surface area contributed by atoms with Crippen LogP contribution >= 0.6 is 22.5 Å². The fourth-order valence-electron chi connectivity index (χ4n) is 4.37. The molecule has 0 radical (unpaired) electrons. The number of likely N-dealkylation sites (N-methyl/N-ethyl adjacent to an activating group) is 1. The summed E-state index contributed by atoms with van der Waals surface area (Å²) < 4.78 is 30.7. The molecular weight excluding hydrogens is 472 g/mol. The van der Waals surface area contributed by atoms with Gasteiger partial charge in [-0.05, 0) is 37.3 Å². The molecule has 2 aromatic carbocycles. The number of aliphatic carboxylic acids is 1. The highest BCUT2D eigenvalue weighted by Gasteiger charge is 2.46. The van der Waals surface area contributed by atoms with Crippen LogP contribution in [0.15, 0.2) is 64.6 Å². The van der Waals surface area contributed by atoms with Crippen molar-refractivity contribution in [3.05, 3.63) is 54.8 Å². The second kappa shape index (κ2) is 11.0. The molecular formula is C25H34N2O5S2. The summed E-state index contributed by atoms with van der Waals surface area (Å²) in [6.07, 6.45) is 7.46. The third kappa shape index (κ3) is 5.23. The van der Waals surface area contributed by atoms with E-state index in [0.29, 0.717) is 22.9 Å². The Bertz CT molecular complexity index is 1030. The molecule has 2 aromatic rings. The van der Waals surface area contributed by atoms with Gasteiger partial charge in [-0.15, -0.1) is 22.5 Å². The van der Waals surface area contributed by atoms with E-state index in [-0.39, 0.29) is 0 Å². The Morgan fingerprint density at radius 1 is 1.24 bits per heavy atom. The number of rotatable bonds is 9. The number of para-hydroxylation sites is 1. The SMILES string of the molecule is CCCCC1(CC)CN(c2ccccc2)c2cc(SC)c(O/C=C/C(=O)O)cc2S(O)(O)N1C. The van der Waals surface area contributed by atoms with Crippen molar-refractivity contribution in [1.82, 2.24) is 4.31 Å². The predicted molar refractivity (Wildman–Crippen MR) is 140 cm³/mol. The van der Waals surface area contributed by atoms with Gasteiger partial charge in [0, 0.05) is 25.3 Å². The fourth-order valence-corrected chi connectivity index (χ4v) is 6.73. The zero-order valence-electron chi connectivity index (χ0n) is 20.1. The predicted octanol–water partition coefficient (Wildman–Crippen LogP) is 6.83. The molecule has 0 amide bonds. The lowest BCUT2D eigenvalue weighted by Crippen LogP contribution is -2.52. The summed E-state index contributed by atoms with van der Waals surface area (Å²) in [5.74, 6) is -0.744. The minimum Gasteiger partial charge on any atom is -0.478 e. The fraction of sp³-hybridized carbons (Fsp3) is 0.400. The Hall–Kier alpha value is -2.17. The van der Waals surface area contributed by atoms with Crippen LogP contribution in [-0.4, -0.2) is 49.9 Å². The molecule has 3 rings (SSSR count). The Morgan fingerprint density at radius 2 is 1.94 bits per heavy atom. The van der Waals surface area contributed by atoms with Crippen LogP contribution in [0.25, 0.3) is 0 Å². The number of thioether (sulfide) groups is 1. The normalized spacial score (nSPS) is 21.2. The second-order valence-corrected chi connectivity index (χ2v) is 11.2. The molecule has 186 valence electrons. The zero-order chi connectivity index (χ0) is 24.9. The smallest absolute Gasteiger partial charge is 0.331 e. The first-order valence-electron chi connectivity index (χ1n) is 11.3. The summed E-state index contributed by atoms with van der Waals surface area (Å²) in [4.78, 5) is 14.2. The molecule has 0 spiro atoms. The first-order chi connectivity index (χ1) is 16.2. The lowest BCUT2D eigenvalue weighted by atomic mass is 9.88. The maximum Gasteiger partial charge on any atom is 0.331 e. The standard InChI is InChI=1S/C25H34N2O5S2/c1-5-7-14-25(6-2)18-27(19-11-9-8-10-12-19)20-16-22(33-4)21(32-15-13-24(28)29)17-23(20)34(30,31)26(25)3/h8-13,15-17,30-31H,5-7,14,18H2,1-4H3,(H,28,29)/b15-13+. The largest absolute Gasteiger partial charge is 0.478 e. The van der Waals surface area contributed by atoms with E-state index < -0.39 is 22.3 Å². The van der Waals surface area contributed by atoms with Crippen LogP contribution in [0.1, 0.15) is 39.5 Å². The monoisotopic (exact) mass is 506 g/mol. The van der Waals surface area contributed by atoms with Gasteiger partial charge in [-0.1, -0.05) is 44.9 Å². The minimum atomic E-state index is -3.38. The summed E-state index contributed by atoms with van der Waals surface area (Å²) in [6, 6.07) is 13.5. The molecule has 0 aliphatic carbocycles. The lowest BCUT2D eigenvalue weighted by Gasteiger charge is -2.50. The maximum absolute atomic E-state index is 11.7. The van der Waals surface area contributed by atoms with Crippen LogP contribution in [0.5, 0.6) is 5.75 Å². The molecule has 0 bridgehead atoms. The van der Waals surface area contributed by atoms with E-state index >= 15 is 0 Å². The molecule has 34 heavy (non-hydrogen) atoms. The van der Waals surface area contributed by atoms with E-state index in [1.807, 2.05) is 42.7 Å². The van der Waals surface area contributed by atoms with Gasteiger partial charge in [-0.25, -0.2) is 4.79 Å². The number of carboxylic acids is 1. The average molecular weight is 507 g/mol. The van der Waals surface area contributed by atoms with Crippen LogP contribution in [0.3, 0.4) is 0 Å². The summed E-state index contributed by atoms with van der Waals surface area (Å²) in [5.41, 5.74) is 1.21. The highest BCUT2D eigenvalue weighted by molar-refractivity contribution is 8.22. The van der Waals surface area contributed by atoms with E-state index in [1.54, 1.807) is 17.4 Å². The minimum absolute atomic E-state index is 0.363. The van der Waals surface area contributed by atoms with Crippen molar-refractivity contribution in [2.75, 3.05) is 24.7 Å². The molecule has 1 aliphatic rings. The zero-order valence-corrected chi connectivity index (χ0v) is 21.7. The van der Waals surface area contributed by atoms with E-state index in [9.17, 15) is 13.9 Å². The Balaban J connectivity index is 2.26. The van der Waals surface area contributed by atoms with Gasteiger partial charge in [-0.3, -0.25) is 9.11 Å². The van der Waals surface area contributed by atoms with Crippen molar-refractivity contribution in [1.29, 1.82) is 0 Å². The summed E-state index contributed by atoms with van der Waals surface area (Å²) in [5, 5.41) is 8.92. The maximum atomic E-state index is 11.7. The van der Waals surface area contributed by atoms with E-state index in [4.69, 9.17) is 9.84 Å². The Morgan fingerprint density at radius 3 is 2.53 bits per heavy atom. The number of benzene rings is 2. The number of ether oxygens (including phenoxy) is 1. The van der Waals surface area contributed by atoms with Gasteiger partial charge in [0.15, 0.2) is 0 Å². The molecule has 7 nitrogen and oxygen atoms in total. The molecule has 0 saturated carbocycles. The van der Waals surface area contributed by atoms with Crippen molar-refractivity contribution in [3.63, 3.8) is 0 Å². The molecule has 1 aliphatic heterocycles. The van der Waals surface area contributed by atoms with Crippen LogP contribution < -0.4 is 9.64 Å². The highest BCUT2D eigenvalue weighted by Crippen LogP contribution is 2.62. The van der Waals surface area contributed by atoms with Crippen molar-refractivity contribution in [3.8, 4) is 5.75 Å². The van der Waals surface area contributed by atoms with Crippen molar-refractivity contribution >= 4 is 39.9 Å². The number of unbranched alkanes of at least 4 members (excludes halogenated alkanes) is 1. The second-order valence-electron chi connectivity index (χ2n) is 8.35. The lowest BCUT2D eigenvalue weighted by molar-refractivity contribution is -0.131. The number of fused-ring (bicyclic) bond motifs is 1. The molecule has 9 heteroatoms. The van der Waals surface area contributed by atoms with Crippen LogP contribution in [0.2, 0.25) is 0 Å². The number of carboxylic acid groups (broad SMARTS) is 1. The quantitative estimate of drug-likeness (QED) is 0.193. The van der Waals surface area contributed by atoms with Gasteiger partial charge >= 0.3 is 5.97 Å². The number of nitrogens with zero attached hydrogens (tertiary/aromatic N) is 2. The first-order valence-corrected chi connectivity index (χ1v) is 14.1. The van der Waals surface area contributed by atoms with Crippen molar-refractivity contribution < 1.29 is 23.7 Å². The molecule has 1 atom stereocenters. The molecule has 3 N–H and O–H groups in total. The topological polar surface area (TPSA) is 93.5 Å². The average Bonchev–Trinajstić information content (AvgIpc) is 2.90. The van der Waals surface area contributed by atoms with Crippen molar-refractivity contribution in [2.45, 2.75) is 54.9 Å². The van der Waals surface area contributed by atoms with Gasteiger partial charge in [0.2, 0.25) is 0 Å². The molecule has 1 unspecified atom stereocenters. The highest BCUT2D eigenvalue weighted by atomic mass is 32.3. The Labute approximate surface area is 207 Å². The van der Waals surface area contributed by atoms with Gasteiger partial charge in [0.25, 0.3) is 0 Å². The van der Waals surface area contributed by atoms with Gasteiger partial charge in [0.05, 0.1) is 28.5 Å². The number of anilines is 2. The molecule has 1 heterocycles. The Kier molecular flexibility index (Phi) is 8.59. The third-order valence-corrected chi connectivity index (χ3v) is 9.29. The third-order valence-electron chi connectivity index (χ3n) is 6.46. The van der Waals surface area contributed by atoms with E-state index in [2.05, 4.69) is 18.7 Å². The van der Waals surface area contributed by atoms with Crippen LogP contribution in [0.4, 0.5) is 11.4 Å². The van der Waals surface area contributed by atoms with Gasteiger partial charge < -0.3 is 14.7 Å². The van der Waals surface area contributed by atoms with Crippen molar-refractivity contribution in [2.24, 2.45) is 0 Å². The number of carbonyl (C=O) groups is 1. The summed E-state index contributed by atoms with van der Waals surface area (Å²) >= 11 is 1.45. The van der Waals surface area contributed by atoms with Crippen LogP contribution in [-0.2, 0) is 4.79 Å². The molecule has 0 fully saturated rings. The molecule has 0 aromatic heterocycles. The van der Waals surface area contributed by atoms with Crippen LogP contribution in [0, 0.1) is 0 Å². The summed E-state index contributed by atoms with van der Waals surface area (Å²) in [7, 11) is -1.58. The number of hydrogen-bond donors (Lipinski definition) is 3. The van der Waals surface area contributed by atoms with E-state index in [1.165, 1.54) is 11.8 Å². The van der Waals surface area contributed by atoms with Gasteiger partial charge in [-0.2, -0.15) is 4.31 Å². The first kappa shape index (κ1) is 26.4. The summed E-state index contributed by atoms with van der Waals surface area (Å²) in [6.45, 7) is 4.83. The van der Waals surface area contributed by atoms with Gasteiger partial charge in [0.1, 0.15) is 10.6 Å². The van der Waals surface area contributed by atoms with E-state index in [0.717, 1.165) is 48.6 Å². The number of hydrogen-bond acceptors (Lipinski definition) is 7.